The van der Waals surface area contributed by atoms with Gasteiger partial charge in [-0.2, -0.15) is 0 Å². The molecule has 0 amide bonds. The summed E-state index contributed by atoms with van der Waals surface area (Å²) in [4.78, 5) is 9.59. The summed E-state index contributed by atoms with van der Waals surface area (Å²) in [7, 11) is 0. The molecule has 4 heteroatoms. The summed E-state index contributed by atoms with van der Waals surface area (Å²) >= 11 is 6.19. The molecule has 0 bridgehead atoms. The fourth-order valence-electron chi connectivity index (χ4n) is 5.42. The van der Waals surface area contributed by atoms with Crippen LogP contribution in [0.25, 0.3) is 0 Å². The molecule has 0 N–H and O–H groups in total. The Morgan fingerprint density at radius 2 is 1.63 bits per heavy atom. The second-order valence-electron chi connectivity index (χ2n) is 8.14. The first kappa shape index (κ1) is 17.5. The van der Waals surface area contributed by atoms with Crippen molar-refractivity contribution in [3.05, 3.63) is 65.2 Å². The fourth-order valence-corrected chi connectivity index (χ4v) is 5.55. The lowest BCUT2D eigenvalue weighted by Gasteiger charge is -2.44. The summed E-state index contributed by atoms with van der Waals surface area (Å²) < 4.78 is 0. The summed E-state index contributed by atoms with van der Waals surface area (Å²) in [5, 5.41) is 3.00. The molecule has 0 unspecified atom stereocenters. The second-order valence-corrected chi connectivity index (χ2v) is 8.58. The Kier molecular flexibility index (Phi) is 4.63. The minimum Gasteiger partial charge on any atom is -0.273 e. The maximum atomic E-state index is 6.95. The molecule has 1 saturated carbocycles. The van der Waals surface area contributed by atoms with Gasteiger partial charge >= 0.3 is 0 Å². The molecule has 2 saturated heterocycles. The Balaban J connectivity index is 1.61. The number of anilines is 1. The highest BCUT2D eigenvalue weighted by atomic mass is 35.5. The molecule has 3 fully saturated rings. The van der Waals surface area contributed by atoms with Gasteiger partial charge in [0.1, 0.15) is 0 Å². The molecule has 2 aromatic rings. The van der Waals surface area contributed by atoms with E-state index in [2.05, 4.69) is 52.4 Å². The number of halogens is 1. The van der Waals surface area contributed by atoms with Crippen molar-refractivity contribution in [2.75, 3.05) is 18.2 Å². The Morgan fingerprint density at radius 3 is 2.37 bits per heavy atom. The maximum Gasteiger partial charge on any atom is 0.154 e. The van der Waals surface area contributed by atoms with Crippen LogP contribution in [0, 0.1) is 5.92 Å². The number of para-hydroxylation sites is 1. The number of nitrogens with zero attached hydrogens (tertiary/aromatic N) is 2. The van der Waals surface area contributed by atoms with Gasteiger partial charge in [-0.1, -0.05) is 48.4 Å². The zero-order valence-electron chi connectivity index (χ0n) is 15.7. The summed E-state index contributed by atoms with van der Waals surface area (Å²) in [6, 6.07) is 19.2. The monoisotopic (exact) mass is 382 g/mol. The number of rotatable bonds is 3. The van der Waals surface area contributed by atoms with Crippen LogP contribution in [-0.4, -0.2) is 23.7 Å². The SMILES string of the molecule is Clc1ccc([C@H]2[C@@H]3CCCC[C@]3(N3CCCC3)ON2c2ccccc2)cc1. The van der Waals surface area contributed by atoms with Crippen LogP contribution < -0.4 is 5.06 Å². The molecule has 0 spiro atoms. The van der Waals surface area contributed by atoms with E-state index in [0.29, 0.717) is 5.92 Å². The molecule has 1 aliphatic carbocycles. The fraction of sp³-hybridized carbons (Fsp3) is 0.478. The van der Waals surface area contributed by atoms with Gasteiger partial charge in [0.05, 0.1) is 11.7 Å². The van der Waals surface area contributed by atoms with Crippen molar-refractivity contribution < 1.29 is 4.84 Å². The van der Waals surface area contributed by atoms with Gasteiger partial charge in [-0.3, -0.25) is 4.90 Å². The predicted molar refractivity (Wildman–Crippen MR) is 110 cm³/mol. The van der Waals surface area contributed by atoms with Crippen molar-refractivity contribution in [3.63, 3.8) is 0 Å². The van der Waals surface area contributed by atoms with Gasteiger partial charge in [-0.05, 0) is 61.9 Å². The smallest absolute Gasteiger partial charge is 0.154 e. The Bertz CT molecular complexity index is 775. The van der Waals surface area contributed by atoms with Crippen LogP contribution in [-0.2, 0) is 4.84 Å². The number of hydrogen-bond donors (Lipinski definition) is 0. The standard InChI is InChI=1S/C23H27ClN2O/c24-19-13-11-18(12-14-19)22-21-10-4-5-15-23(21,25-16-6-7-17-25)27-26(22)20-8-2-1-3-9-20/h1-3,8-9,11-14,21-22H,4-7,10,15-17H2/t21-,22-,23-/m0/s1. The highest BCUT2D eigenvalue weighted by Gasteiger charge is 2.59. The highest BCUT2D eigenvalue weighted by Crippen LogP contribution is 2.55. The van der Waals surface area contributed by atoms with Crippen molar-refractivity contribution in [2.45, 2.75) is 50.3 Å². The lowest BCUT2D eigenvalue weighted by atomic mass is 9.75. The van der Waals surface area contributed by atoms with E-state index in [0.717, 1.165) is 30.2 Å². The Hall–Kier alpha value is -1.55. The molecule has 3 nitrogen and oxygen atoms in total. The van der Waals surface area contributed by atoms with Crippen molar-refractivity contribution in [1.82, 2.24) is 4.90 Å². The summed E-state index contributed by atoms with van der Waals surface area (Å²) in [6.45, 7) is 2.32. The van der Waals surface area contributed by atoms with Crippen LogP contribution >= 0.6 is 11.6 Å². The zero-order chi connectivity index (χ0) is 18.3. The number of fused-ring (bicyclic) bond motifs is 1. The predicted octanol–water partition coefficient (Wildman–Crippen LogP) is 5.82. The third kappa shape index (κ3) is 2.97. The van der Waals surface area contributed by atoms with Crippen LogP contribution in [0.4, 0.5) is 5.69 Å². The first-order valence-electron chi connectivity index (χ1n) is 10.3. The van der Waals surface area contributed by atoms with Crippen LogP contribution in [0.3, 0.4) is 0 Å². The number of hydrogen-bond acceptors (Lipinski definition) is 3. The number of benzene rings is 2. The van der Waals surface area contributed by atoms with Crippen LogP contribution in [0.5, 0.6) is 0 Å². The van der Waals surface area contributed by atoms with Crippen LogP contribution in [0.15, 0.2) is 54.6 Å². The molecule has 0 aromatic heterocycles. The van der Waals surface area contributed by atoms with Gasteiger partial charge in [0.25, 0.3) is 0 Å². The van der Waals surface area contributed by atoms with E-state index in [-0.39, 0.29) is 11.8 Å². The molecule has 3 aliphatic rings. The molecule has 27 heavy (non-hydrogen) atoms. The largest absolute Gasteiger partial charge is 0.273 e. The molecule has 2 heterocycles. The average Bonchev–Trinajstić information content (AvgIpc) is 3.36. The molecule has 5 rings (SSSR count). The third-order valence-corrected chi connectivity index (χ3v) is 6.89. The van der Waals surface area contributed by atoms with Crippen molar-refractivity contribution in [2.24, 2.45) is 5.92 Å². The van der Waals surface area contributed by atoms with E-state index in [1.54, 1.807) is 0 Å². The van der Waals surface area contributed by atoms with Crippen molar-refractivity contribution in [3.8, 4) is 0 Å². The minimum atomic E-state index is -0.158. The van der Waals surface area contributed by atoms with Gasteiger partial charge in [-0.15, -0.1) is 0 Å². The van der Waals surface area contributed by atoms with Gasteiger partial charge in [0.2, 0.25) is 0 Å². The molecular formula is C23H27ClN2O. The lowest BCUT2D eigenvalue weighted by Crippen LogP contribution is -2.53. The molecule has 142 valence electrons. The summed E-state index contributed by atoms with van der Waals surface area (Å²) in [5.41, 5.74) is 2.29. The summed E-state index contributed by atoms with van der Waals surface area (Å²) in [5.74, 6) is 0.478. The number of hydroxylamine groups is 1. The Labute approximate surface area is 166 Å². The van der Waals surface area contributed by atoms with Gasteiger partial charge < -0.3 is 0 Å². The zero-order valence-corrected chi connectivity index (χ0v) is 16.4. The van der Waals surface area contributed by atoms with Crippen molar-refractivity contribution in [1.29, 1.82) is 0 Å². The van der Waals surface area contributed by atoms with E-state index in [1.165, 1.54) is 37.7 Å². The Morgan fingerprint density at radius 1 is 0.889 bits per heavy atom. The van der Waals surface area contributed by atoms with Crippen LogP contribution in [0.1, 0.15) is 50.1 Å². The quantitative estimate of drug-likeness (QED) is 0.665. The molecule has 2 aromatic carbocycles. The topological polar surface area (TPSA) is 15.7 Å². The normalized spacial score (nSPS) is 31.2. The first-order valence-corrected chi connectivity index (χ1v) is 10.7. The minimum absolute atomic E-state index is 0.158. The molecular weight excluding hydrogens is 356 g/mol. The van der Waals surface area contributed by atoms with Gasteiger partial charge in [0.15, 0.2) is 5.72 Å². The van der Waals surface area contributed by atoms with E-state index >= 15 is 0 Å². The third-order valence-electron chi connectivity index (χ3n) is 6.63. The van der Waals surface area contributed by atoms with Crippen molar-refractivity contribution >= 4 is 17.3 Å². The van der Waals surface area contributed by atoms with E-state index in [9.17, 15) is 0 Å². The van der Waals surface area contributed by atoms with E-state index in [4.69, 9.17) is 16.4 Å². The number of likely N-dealkylation sites (tertiary alicyclic amines) is 1. The highest BCUT2D eigenvalue weighted by molar-refractivity contribution is 6.30. The second kappa shape index (κ2) is 7.12. The van der Waals surface area contributed by atoms with Crippen LogP contribution in [0.2, 0.25) is 5.02 Å². The average molecular weight is 383 g/mol. The first-order chi connectivity index (χ1) is 13.3. The molecule has 3 atom stereocenters. The lowest BCUT2D eigenvalue weighted by molar-refractivity contribution is -0.161. The maximum absolute atomic E-state index is 6.95. The van der Waals surface area contributed by atoms with E-state index in [1.807, 2.05) is 12.1 Å². The molecule has 2 aliphatic heterocycles. The summed E-state index contributed by atoms with van der Waals surface area (Å²) in [6.07, 6.45) is 7.46. The molecule has 0 radical (unpaired) electrons. The van der Waals surface area contributed by atoms with E-state index < -0.39 is 0 Å². The van der Waals surface area contributed by atoms with Gasteiger partial charge in [0, 0.05) is 24.0 Å². The van der Waals surface area contributed by atoms with Gasteiger partial charge in [-0.25, -0.2) is 9.90 Å².